The van der Waals surface area contributed by atoms with Crippen LogP contribution >= 0.6 is 11.3 Å². The van der Waals surface area contributed by atoms with E-state index in [1.807, 2.05) is 0 Å². The van der Waals surface area contributed by atoms with Crippen LogP contribution in [0.15, 0.2) is 47.8 Å². The number of benzene rings is 1. The first-order chi connectivity index (χ1) is 15.6. The monoisotopic (exact) mass is 453 g/mol. The van der Waals surface area contributed by atoms with Gasteiger partial charge in [-0.2, -0.15) is 0 Å². The van der Waals surface area contributed by atoms with Gasteiger partial charge in [-0.25, -0.2) is 4.79 Å². The van der Waals surface area contributed by atoms with E-state index >= 15 is 0 Å². The van der Waals surface area contributed by atoms with Gasteiger partial charge in [-0.3, -0.25) is 4.90 Å². The first-order valence-corrected chi connectivity index (χ1v) is 13.4. The topological polar surface area (TPSA) is 29.5 Å². The van der Waals surface area contributed by atoms with Crippen LogP contribution in [-0.2, 0) is 21.5 Å². The zero-order chi connectivity index (χ0) is 22.0. The molecular weight excluding hydrogens is 416 g/mol. The first-order valence-electron chi connectivity index (χ1n) is 12.5. The highest BCUT2D eigenvalue weighted by atomic mass is 32.1. The summed E-state index contributed by atoms with van der Waals surface area (Å²) in [7, 11) is 0. The molecule has 0 spiro atoms. The molecule has 2 aromatic rings. The smallest absolute Gasteiger partial charge is 0.332 e. The number of esters is 1. The minimum Gasteiger partial charge on any atom is -0.454 e. The van der Waals surface area contributed by atoms with Gasteiger partial charge in [0.2, 0.25) is 0 Å². The van der Waals surface area contributed by atoms with Gasteiger partial charge < -0.3 is 9.22 Å². The molecule has 4 nitrogen and oxygen atoms in total. The van der Waals surface area contributed by atoms with Crippen LogP contribution in [0.3, 0.4) is 0 Å². The summed E-state index contributed by atoms with van der Waals surface area (Å²) in [5.41, 5.74) is 0.756. The molecule has 0 amide bonds. The molecule has 32 heavy (non-hydrogen) atoms. The van der Waals surface area contributed by atoms with E-state index in [1.165, 1.54) is 50.8 Å². The Labute approximate surface area is 196 Å². The van der Waals surface area contributed by atoms with Gasteiger partial charge in [0, 0.05) is 30.1 Å². The van der Waals surface area contributed by atoms with Crippen molar-refractivity contribution >= 4 is 17.3 Å². The van der Waals surface area contributed by atoms with Crippen LogP contribution in [0.4, 0.5) is 0 Å². The standard InChI is InChI=1S/C27H37N2O2S/c1-27(25-11-8-20-32-25,28-15-6-3-7-16-28)26(30)31-24-21-29(18-13-23(24)14-19-29)17-12-22-9-4-2-5-10-22/h2,4-5,8-11,20,23-24H,3,6-7,12-19,21H2,1H3/q+1/t23?,24-,27?,29?/m0/s1. The van der Waals surface area contributed by atoms with E-state index in [-0.39, 0.29) is 12.1 Å². The lowest BCUT2D eigenvalue weighted by atomic mass is 9.82. The SMILES string of the molecule is CC(C(=O)O[C@H]1C[N+]2(CCc3ccccc3)CCC1CC2)(c1cccs1)N1CCCCC1. The molecule has 1 aromatic heterocycles. The zero-order valence-electron chi connectivity index (χ0n) is 19.4. The molecule has 0 N–H and O–H groups in total. The maximum absolute atomic E-state index is 13.8. The lowest BCUT2D eigenvalue weighted by Crippen LogP contribution is -2.65. The summed E-state index contributed by atoms with van der Waals surface area (Å²) in [4.78, 5) is 17.3. The third-order valence-corrected chi connectivity index (χ3v) is 9.49. The largest absolute Gasteiger partial charge is 0.454 e. The van der Waals surface area contributed by atoms with Crippen LogP contribution < -0.4 is 0 Å². The average molecular weight is 454 g/mol. The molecule has 5 heteroatoms. The van der Waals surface area contributed by atoms with Crippen molar-refractivity contribution in [1.29, 1.82) is 0 Å². The Hall–Kier alpha value is -1.69. The van der Waals surface area contributed by atoms with Crippen LogP contribution in [-0.4, -0.2) is 60.7 Å². The fraction of sp³-hybridized carbons (Fsp3) is 0.593. The number of thiophene rings is 1. The second-order valence-electron chi connectivity index (χ2n) is 10.3. The van der Waals surface area contributed by atoms with E-state index in [0.29, 0.717) is 5.92 Å². The van der Waals surface area contributed by atoms with E-state index in [0.717, 1.165) is 42.0 Å². The molecule has 1 unspecified atom stereocenters. The molecule has 2 atom stereocenters. The molecule has 0 radical (unpaired) electrons. The van der Waals surface area contributed by atoms with Crippen molar-refractivity contribution in [3.8, 4) is 0 Å². The Morgan fingerprint density at radius 3 is 2.53 bits per heavy atom. The zero-order valence-corrected chi connectivity index (χ0v) is 20.2. The highest BCUT2D eigenvalue weighted by Gasteiger charge is 2.50. The van der Waals surface area contributed by atoms with Gasteiger partial charge in [-0.15, -0.1) is 11.3 Å². The maximum atomic E-state index is 13.8. The van der Waals surface area contributed by atoms with Gasteiger partial charge in [0.15, 0.2) is 11.6 Å². The molecule has 4 saturated heterocycles. The molecule has 1 aromatic carbocycles. The van der Waals surface area contributed by atoms with Crippen molar-refractivity contribution in [2.75, 3.05) is 39.3 Å². The Morgan fingerprint density at radius 2 is 1.84 bits per heavy atom. The van der Waals surface area contributed by atoms with Crippen LogP contribution in [0.5, 0.6) is 0 Å². The van der Waals surface area contributed by atoms with Gasteiger partial charge in [0.05, 0.1) is 19.6 Å². The van der Waals surface area contributed by atoms with E-state index in [2.05, 4.69) is 59.7 Å². The molecule has 4 aliphatic heterocycles. The fourth-order valence-corrected chi connectivity index (χ4v) is 7.12. The Bertz CT molecular complexity index is 886. The van der Waals surface area contributed by atoms with Crippen LogP contribution in [0.2, 0.25) is 0 Å². The summed E-state index contributed by atoms with van der Waals surface area (Å²) < 4.78 is 7.57. The lowest BCUT2D eigenvalue weighted by Gasteiger charge is -2.52. The Balaban J connectivity index is 1.30. The number of carbonyl (C=O) groups is 1. The van der Waals surface area contributed by atoms with Crippen LogP contribution in [0.1, 0.15) is 49.5 Å². The van der Waals surface area contributed by atoms with Crippen LogP contribution in [0, 0.1) is 5.92 Å². The predicted octanol–water partition coefficient (Wildman–Crippen LogP) is 4.84. The summed E-state index contributed by atoms with van der Waals surface area (Å²) >= 11 is 1.69. The van der Waals surface area contributed by atoms with E-state index in [4.69, 9.17) is 4.74 Å². The fourth-order valence-electron chi connectivity index (χ4n) is 6.21. The number of hydrogen-bond acceptors (Lipinski definition) is 4. The summed E-state index contributed by atoms with van der Waals surface area (Å²) in [6.45, 7) is 8.68. The molecule has 4 fully saturated rings. The summed E-state index contributed by atoms with van der Waals surface area (Å²) in [6.07, 6.45) is 7.13. The molecule has 4 aliphatic rings. The number of nitrogens with zero attached hydrogens (tertiary/aromatic N) is 2. The summed E-state index contributed by atoms with van der Waals surface area (Å²) in [6, 6.07) is 15.0. The minimum absolute atomic E-state index is 0.0261. The molecule has 6 rings (SSSR count). The van der Waals surface area contributed by atoms with Crippen molar-refractivity contribution in [2.45, 2.75) is 57.1 Å². The normalized spacial score (nSPS) is 30.0. The number of quaternary nitrogens is 1. The first kappa shape index (κ1) is 22.1. The quantitative estimate of drug-likeness (QED) is 0.444. The van der Waals surface area contributed by atoms with E-state index in [1.54, 1.807) is 11.3 Å². The Kier molecular flexibility index (Phi) is 6.42. The van der Waals surface area contributed by atoms with E-state index < -0.39 is 5.54 Å². The van der Waals surface area contributed by atoms with Crippen molar-refractivity contribution in [2.24, 2.45) is 5.92 Å². The second-order valence-corrected chi connectivity index (χ2v) is 11.3. The average Bonchev–Trinajstić information content (AvgIpc) is 3.40. The van der Waals surface area contributed by atoms with Gasteiger partial charge in [0.1, 0.15) is 6.54 Å². The number of likely N-dealkylation sites (tertiary alicyclic amines) is 1. The molecule has 0 aliphatic carbocycles. The highest BCUT2D eigenvalue weighted by molar-refractivity contribution is 7.10. The summed E-state index contributed by atoms with van der Waals surface area (Å²) in [5, 5.41) is 2.09. The number of carbonyl (C=O) groups excluding carboxylic acids is 1. The third-order valence-electron chi connectivity index (χ3n) is 8.40. The number of hydrogen-bond donors (Lipinski definition) is 0. The Morgan fingerprint density at radius 1 is 1.09 bits per heavy atom. The van der Waals surface area contributed by atoms with E-state index in [9.17, 15) is 4.79 Å². The molecular formula is C27H37N2O2S+. The number of fused-ring (bicyclic) bond motifs is 3. The highest BCUT2D eigenvalue weighted by Crippen LogP contribution is 2.39. The summed E-state index contributed by atoms with van der Waals surface area (Å²) in [5.74, 6) is 0.506. The molecule has 5 heterocycles. The molecule has 2 bridgehead atoms. The van der Waals surface area contributed by atoms with Crippen molar-refractivity contribution in [1.82, 2.24) is 4.90 Å². The predicted molar refractivity (Wildman–Crippen MR) is 130 cm³/mol. The number of ether oxygens (including phenoxy) is 1. The van der Waals surface area contributed by atoms with Crippen molar-refractivity contribution in [3.05, 3.63) is 58.3 Å². The number of piperidine rings is 4. The maximum Gasteiger partial charge on any atom is 0.332 e. The molecule has 0 saturated carbocycles. The van der Waals surface area contributed by atoms with Crippen LogP contribution in [0.25, 0.3) is 0 Å². The van der Waals surface area contributed by atoms with Crippen molar-refractivity contribution < 1.29 is 14.0 Å². The second kappa shape index (κ2) is 9.28. The lowest BCUT2D eigenvalue weighted by molar-refractivity contribution is -0.946. The van der Waals surface area contributed by atoms with Gasteiger partial charge in [-0.1, -0.05) is 42.8 Å². The van der Waals surface area contributed by atoms with Gasteiger partial charge in [-0.05, 0) is 49.9 Å². The van der Waals surface area contributed by atoms with Gasteiger partial charge in [0.25, 0.3) is 0 Å². The van der Waals surface area contributed by atoms with Gasteiger partial charge >= 0.3 is 5.97 Å². The molecule has 172 valence electrons. The number of rotatable bonds is 7. The van der Waals surface area contributed by atoms with Crippen molar-refractivity contribution in [3.63, 3.8) is 0 Å². The minimum atomic E-state index is -0.657. The third kappa shape index (κ3) is 4.27.